The van der Waals surface area contributed by atoms with Gasteiger partial charge in [-0.05, 0) is 29.8 Å². The molecule has 0 unspecified atom stereocenters. The number of rotatable bonds is 1. The Balaban J connectivity index is 1.96. The third-order valence-electron chi connectivity index (χ3n) is 3.47. The molecule has 4 rings (SSSR count). The maximum atomic E-state index is 12.3. The number of aromatic amines is 1. The van der Waals surface area contributed by atoms with Gasteiger partial charge in [0.25, 0.3) is 5.56 Å². The Morgan fingerprint density at radius 3 is 2.67 bits per heavy atom. The minimum Gasteiger partial charge on any atom is -0.454 e. The quantitative estimate of drug-likeness (QED) is 0.733. The van der Waals surface area contributed by atoms with E-state index in [1.54, 1.807) is 6.07 Å². The van der Waals surface area contributed by atoms with Gasteiger partial charge in [-0.3, -0.25) is 4.79 Å². The molecule has 0 radical (unpaired) electrons. The van der Waals surface area contributed by atoms with Crippen LogP contribution in [-0.2, 0) is 0 Å². The van der Waals surface area contributed by atoms with E-state index in [0.29, 0.717) is 17.1 Å². The monoisotopic (exact) mass is 343 g/mol. The first-order valence-corrected chi connectivity index (χ1v) is 7.23. The molecule has 104 valence electrons. The van der Waals surface area contributed by atoms with E-state index in [1.807, 2.05) is 36.4 Å². The first kappa shape index (κ1) is 12.5. The summed E-state index contributed by atoms with van der Waals surface area (Å²) in [6.07, 6.45) is 0. The van der Waals surface area contributed by atoms with Crippen molar-refractivity contribution in [2.75, 3.05) is 6.79 Å². The number of nitrogens with one attached hydrogen (secondary N) is 1. The Hall–Kier alpha value is -2.27. The van der Waals surface area contributed by atoms with Crippen molar-refractivity contribution >= 4 is 26.8 Å². The average Bonchev–Trinajstić information content (AvgIpc) is 2.91. The van der Waals surface area contributed by atoms with Crippen LogP contribution in [0.15, 0.2) is 51.7 Å². The van der Waals surface area contributed by atoms with E-state index in [2.05, 4.69) is 20.9 Å². The van der Waals surface area contributed by atoms with Crippen LogP contribution in [0.3, 0.4) is 0 Å². The third-order valence-corrected chi connectivity index (χ3v) is 3.97. The molecule has 3 aromatic rings. The summed E-state index contributed by atoms with van der Waals surface area (Å²) in [4.78, 5) is 15.2. The number of hydrogen-bond acceptors (Lipinski definition) is 3. The highest BCUT2D eigenvalue weighted by atomic mass is 79.9. The van der Waals surface area contributed by atoms with Crippen LogP contribution < -0.4 is 15.0 Å². The Kier molecular flexibility index (Phi) is 2.75. The molecule has 21 heavy (non-hydrogen) atoms. The standard InChI is InChI=1S/C16H10BrNO3/c17-11-3-1-2-9(4-11)12-5-10-6-14-15(21-8-20-14)7-13(10)18-16(12)19/h1-7H,8H2,(H,18,19). The highest BCUT2D eigenvalue weighted by molar-refractivity contribution is 9.10. The predicted molar refractivity (Wildman–Crippen MR) is 83.8 cm³/mol. The maximum Gasteiger partial charge on any atom is 0.256 e. The van der Waals surface area contributed by atoms with Crippen molar-refractivity contribution in [3.05, 3.63) is 57.3 Å². The number of fused-ring (bicyclic) bond motifs is 2. The van der Waals surface area contributed by atoms with E-state index in [0.717, 1.165) is 20.9 Å². The molecule has 1 N–H and O–H groups in total. The SMILES string of the molecule is O=c1[nH]c2cc3c(cc2cc1-c1cccc(Br)c1)OCO3. The Labute approximate surface area is 128 Å². The molecule has 4 nitrogen and oxygen atoms in total. The molecule has 5 heteroatoms. The van der Waals surface area contributed by atoms with Gasteiger partial charge in [-0.1, -0.05) is 28.1 Å². The number of H-pyrrole nitrogens is 1. The van der Waals surface area contributed by atoms with Crippen molar-refractivity contribution in [2.45, 2.75) is 0 Å². The van der Waals surface area contributed by atoms with Gasteiger partial charge < -0.3 is 14.5 Å². The molecular formula is C16H10BrNO3. The molecule has 0 atom stereocenters. The molecule has 0 spiro atoms. The van der Waals surface area contributed by atoms with E-state index >= 15 is 0 Å². The maximum absolute atomic E-state index is 12.3. The van der Waals surface area contributed by atoms with E-state index in [-0.39, 0.29) is 12.4 Å². The summed E-state index contributed by atoms with van der Waals surface area (Å²) in [7, 11) is 0. The second-order valence-electron chi connectivity index (χ2n) is 4.82. The molecule has 1 aliphatic heterocycles. The molecule has 0 saturated carbocycles. The topological polar surface area (TPSA) is 51.3 Å². The zero-order valence-electron chi connectivity index (χ0n) is 10.9. The third kappa shape index (κ3) is 2.10. The highest BCUT2D eigenvalue weighted by Crippen LogP contribution is 2.35. The van der Waals surface area contributed by atoms with Gasteiger partial charge in [0, 0.05) is 21.5 Å². The van der Waals surface area contributed by atoms with Crippen LogP contribution >= 0.6 is 15.9 Å². The second kappa shape index (κ2) is 4.63. The first-order chi connectivity index (χ1) is 10.2. The number of halogens is 1. The lowest BCUT2D eigenvalue weighted by molar-refractivity contribution is 0.174. The fraction of sp³-hybridized carbons (Fsp3) is 0.0625. The number of benzene rings is 2. The minimum atomic E-state index is -0.125. The fourth-order valence-corrected chi connectivity index (χ4v) is 2.87. The van der Waals surface area contributed by atoms with Gasteiger partial charge in [0.1, 0.15) is 0 Å². The second-order valence-corrected chi connectivity index (χ2v) is 5.73. The van der Waals surface area contributed by atoms with Gasteiger partial charge in [0.2, 0.25) is 6.79 Å². The van der Waals surface area contributed by atoms with Gasteiger partial charge in [0.15, 0.2) is 11.5 Å². The number of ether oxygens (including phenoxy) is 2. The molecule has 0 saturated heterocycles. The van der Waals surface area contributed by atoms with Crippen molar-refractivity contribution < 1.29 is 9.47 Å². The predicted octanol–water partition coefficient (Wildman–Crippen LogP) is 3.69. The summed E-state index contributed by atoms with van der Waals surface area (Å²) in [6, 6.07) is 13.2. The van der Waals surface area contributed by atoms with Crippen LogP contribution in [0, 0.1) is 0 Å². The number of pyridine rings is 1. The highest BCUT2D eigenvalue weighted by Gasteiger charge is 2.15. The summed E-state index contributed by atoms with van der Waals surface area (Å²) in [5.41, 5.74) is 2.11. The molecule has 0 fully saturated rings. The Bertz CT molecular complexity index is 917. The summed E-state index contributed by atoms with van der Waals surface area (Å²) in [6.45, 7) is 0.217. The summed E-state index contributed by atoms with van der Waals surface area (Å²) >= 11 is 3.43. The van der Waals surface area contributed by atoms with E-state index in [9.17, 15) is 4.79 Å². The van der Waals surface area contributed by atoms with Crippen molar-refractivity contribution in [1.29, 1.82) is 0 Å². The lowest BCUT2D eigenvalue weighted by atomic mass is 10.0. The van der Waals surface area contributed by atoms with E-state index < -0.39 is 0 Å². The molecule has 0 bridgehead atoms. The van der Waals surface area contributed by atoms with Crippen LogP contribution in [0.25, 0.3) is 22.0 Å². The van der Waals surface area contributed by atoms with Crippen molar-refractivity contribution in [1.82, 2.24) is 4.98 Å². The molecule has 2 aromatic carbocycles. The van der Waals surface area contributed by atoms with Gasteiger partial charge in [-0.25, -0.2) is 0 Å². The number of hydrogen-bond donors (Lipinski definition) is 1. The van der Waals surface area contributed by atoms with Crippen LogP contribution in [0.4, 0.5) is 0 Å². The van der Waals surface area contributed by atoms with E-state index in [4.69, 9.17) is 9.47 Å². The van der Waals surface area contributed by atoms with Crippen molar-refractivity contribution in [3.8, 4) is 22.6 Å². The smallest absolute Gasteiger partial charge is 0.256 e. The van der Waals surface area contributed by atoms with Gasteiger partial charge >= 0.3 is 0 Å². The normalized spacial score (nSPS) is 12.8. The van der Waals surface area contributed by atoms with Gasteiger partial charge in [-0.2, -0.15) is 0 Å². The molecule has 0 amide bonds. The zero-order valence-corrected chi connectivity index (χ0v) is 12.4. The van der Waals surface area contributed by atoms with Gasteiger partial charge in [-0.15, -0.1) is 0 Å². The molecular weight excluding hydrogens is 334 g/mol. The van der Waals surface area contributed by atoms with Crippen LogP contribution in [0.2, 0.25) is 0 Å². The van der Waals surface area contributed by atoms with Crippen LogP contribution in [0.5, 0.6) is 11.5 Å². The first-order valence-electron chi connectivity index (χ1n) is 6.43. The lowest BCUT2D eigenvalue weighted by Crippen LogP contribution is -2.08. The van der Waals surface area contributed by atoms with E-state index in [1.165, 1.54) is 0 Å². The molecule has 2 heterocycles. The Morgan fingerprint density at radius 2 is 1.86 bits per heavy atom. The summed E-state index contributed by atoms with van der Waals surface area (Å²) in [5, 5.41) is 0.911. The fourth-order valence-electron chi connectivity index (χ4n) is 2.47. The zero-order chi connectivity index (χ0) is 14.4. The van der Waals surface area contributed by atoms with Gasteiger partial charge in [0.05, 0.1) is 5.52 Å². The average molecular weight is 344 g/mol. The van der Waals surface area contributed by atoms with Crippen LogP contribution in [0.1, 0.15) is 0 Å². The summed E-state index contributed by atoms with van der Waals surface area (Å²) < 4.78 is 11.6. The van der Waals surface area contributed by atoms with Crippen LogP contribution in [-0.4, -0.2) is 11.8 Å². The number of aromatic nitrogens is 1. The molecule has 1 aromatic heterocycles. The largest absolute Gasteiger partial charge is 0.454 e. The minimum absolute atomic E-state index is 0.125. The molecule has 0 aliphatic carbocycles. The van der Waals surface area contributed by atoms with Crippen molar-refractivity contribution in [2.24, 2.45) is 0 Å². The lowest BCUT2D eigenvalue weighted by Gasteiger charge is -2.05. The Morgan fingerprint density at radius 1 is 1.05 bits per heavy atom. The van der Waals surface area contributed by atoms with Crippen molar-refractivity contribution in [3.63, 3.8) is 0 Å². The summed E-state index contributed by atoms with van der Waals surface area (Å²) in [5.74, 6) is 1.36. The molecule has 1 aliphatic rings.